The third kappa shape index (κ3) is 96.8. The van der Waals surface area contributed by atoms with Crippen molar-refractivity contribution in [3.8, 4) is 0 Å². The first-order valence-electron chi connectivity index (χ1n) is 6.14. The molecule has 0 heteroatoms. The Morgan fingerprint density at radius 3 is 0.571 bits per heavy atom. The van der Waals surface area contributed by atoms with Crippen LogP contribution < -0.4 is 0 Å². The van der Waals surface area contributed by atoms with Crippen LogP contribution in [0.15, 0.2) is 13.2 Å². The Balaban J connectivity index is -0.0000000287. The van der Waals surface area contributed by atoms with Crippen molar-refractivity contribution in [2.45, 2.75) is 69.2 Å². The molecule has 0 aliphatic heterocycles. The van der Waals surface area contributed by atoms with Crippen molar-refractivity contribution in [1.82, 2.24) is 0 Å². The predicted molar refractivity (Wildman–Crippen MR) is 75.0 cm³/mol. The highest BCUT2D eigenvalue weighted by Crippen LogP contribution is 2.05. The van der Waals surface area contributed by atoms with Gasteiger partial charge >= 0.3 is 0 Å². The monoisotopic (exact) mass is 204 g/mol. The van der Waals surface area contributed by atoms with E-state index in [0.29, 0.717) is 0 Å². The smallest absolute Gasteiger partial charge is 0.0448 e. The van der Waals surface area contributed by atoms with E-state index in [2.05, 4.69) is 40.9 Å². The second kappa shape index (κ2) is 53.3. The largest absolute Gasteiger partial charge is 0.106 e. The average Bonchev–Trinajstić information content (AvgIpc) is 2.29. The minimum Gasteiger partial charge on any atom is -0.106 e. The first kappa shape index (κ1) is 29.2. The molecule has 0 heterocycles. The Kier molecular flexibility index (Phi) is 111. The molecule has 92 valence electrons. The van der Waals surface area contributed by atoms with E-state index in [1.807, 2.05) is 41.5 Å². The lowest BCUT2D eigenvalue weighted by Crippen LogP contribution is -1.95. The molecule has 0 saturated carbocycles. The summed E-state index contributed by atoms with van der Waals surface area (Å²) in [5, 5.41) is 0. The molecule has 0 fully saturated rings. The van der Waals surface area contributed by atoms with Gasteiger partial charge in [-0.2, -0.15) is 0 Å². The molecule has 0 N–H and O–H groups in total. The molecule has 0 amide bonds. The van der Waals surface area contributed by atoms with Crippen LogP contribution in [0.2, 0.25) is 0 Å². The molecule has 0 unspecified atom stereocenters. The normalized spacial score (nSPS) is 6.29. The first-order chi connectivity index (χ1) is 6.64. The van der Waals surface area contributed by atoms with E-state index in [1.54, 1.807) is 0 Å². The van der Waals surface area contributed by atoms with Crippen molar-refractivity contribution in [3.05, 3.63) is 13.2 Å². The van der Waals surface area contributed by atoms with Crippen molar-refractivity contribution >= 4 is 0 Å². The Bertz CT molecular complexity index is 29.3. The third-order valence-electron chi connectivity index (χ3n) is 1.33. The lowest BCUT2D eigenvalue weighted by atomic mass is 10.0. The summed E-state index contributed by atoms with van der Waals surface area (Å²) < 4.78 is 0. The topological polar surface area (TPSA) is 0 Å². The van der Waals surface area contributed by atoms with Gasteiger partial charge in [0.1, 0.15) is 0 Å². The van der Waals surface area contributed by atoms with Crippen molar-refractivity contribution in [3.63, 3.8) is 0 Å². The maximum absolute atomic E-state index is 3.00. The molecule has 14 heavy (non-hydrogen) atoms. The molecule has 0 spiro atoms. The van der Waals surface area contributed by atoms with Crippen molar-refractivity contribution in [2.24, 2.45) is 11.8 Å². The Morgan fingerprint density at radius 1 is 0.500 bits per heavy atom. The van der Waals surface area contributed by atoms with Crippen LogP contribution in [0.4, 0.5) is 0 Å². The fourth-order valence-electron chi connectivity index (χ4n) is 0. The molecule has 0 bridgehead atoms. The van der Waals surface area contributed by atoms with Gasteiger partial charge in [0.2, 0.25) is 0 Å². The lowest BCUT2D eigenvalue weighted by molar-refractivity contribution is 0.457. The number of hydrogen-bond acceptors (Lipinski definition) is 0. The van der Waals surface area contributed by atoms with Crippen molar-refractivity contribution < 1.29 is 0 Å². The Labute approximate surface area is 94.8 Å². The van der Waals surface area contributed by atoms with Gasteiger partial charge in [0.15, 0.2) is 0 Å². The fourth-order valence-corrected chi connectivity index (χ4v) is 0. The second-order valence-corrected chi connectivity index (χ2v) is 2.49. The zero-order valence-corrected chi connectivity index (χ0v) is 12.6. The van der Waals surface area contributed by atoms with Crippen LogP contribution in [0.25, 0.3) is 0 Å². The summed E-state index contributed by atoms with van der Waals surface area (Å²) in [5.74, 6) is 1.70. The molecule has 0 aromatic rings. The summed E-state index contributed by atoms with van der Waals surface area (Å²) in [6.07, 6.45) is 0. The SMILES string of the molecule is C=C.CC.CC.CC.CC(C)C(C)C. The minimum atomic E-state index is 0.852. The van der Waals surface area contributed by atoms with E-state index in [4.69, 9.17) is 0 Å². The average molecular weight is 204 g/mol. The highest BCUT2D eigenvalue weighted by Gasteiger charge is 1.95. The maximum atomic E-state index is 3.00. The zero-order valence-electron chi connectivity index (χ0n) is 12.6. The molecular weight excluding hydrogens is 168 g/mol. The van der Waals surface area contributed by atoms with E-state index in [0.717, 1.165) is 11.8 Å². The third-order valence-corrected chi connectivity index (χ3v) is 1.33. The van der Waals surface area contributed by atoms with Gasteiger partial charge in [-0.05, 0) is 11.8 Å². The van der Waals surface area contributed by atoms with E-state index in [9.17, 15) is 0 Å². The van der Waals surface area contributed by atoms with Crippen LogP contribution in [-0.4, -0.2) is 0 Å². The van der Waals surface area contributed by atoms with Crippen LogP contribution in [0.3, 0.4) is 0 Å². The highest BCUT2D eigenvalue weighted by atomic mass is 14.0. The molecule has 0 aromatic carbocycles. The van der Waals surface area contributed by atoms with E-state index >= 15 is 0 Å². The molecule has 0 radical (unpaired) electrons. The summed E-state index contributed by atoms with van der Waals surface area (Å²) in [5.41, 5.74) is 0. The van der Waals surface area contributed by atoms with Gasteiger partial charge in [0, 0.05) is 0 Å². The summed E-state index contributed by atoms with van der Waals surface area (Å²) in [6.45, 7) is 27.0. The standard InChI is InChI=1S/C6H14.3C2H6.C2H4/c1-5(2)6(3)4;4*1-2/h5-6H,1-4H3;3*1-2H3;1-2H2. The summed E-state index contributed by atoms with van der Waals surface area (Å²) in [6, 6.07) is 0. The van der Waals surface area contributed by atoms with E-state index in [-0.39, 0.29) is 0 Å². The molecule has 0 atom stereocenters. The summed E-state index contributed by atoms with van der Waals surface area (Å²) in [7, 11) is 0. The van der Waals surface area contributed by atoms with E-state index in [1.165, 1.54) is 0 Å². The van der Waals surface area contributed by atoms with Gasteiger partial charge in [-0.15, -0.1) is 13.2 Å². The Morgan fingerprint density at radius 2 is 0.571 bits per heavy atom. The van der Waals surface area contributed by atoms with Gasteiger partial charge in [-0.1, -0.05) is 69.2 Å². The van der Waals surface area contributed by atoms with Crippen molar-refractivity contribution in [2.75, 3.05) is 0 Å². The van der Waals surface area contributed by atoms with Gasteiger partial charge in [0.05, 0.1) is 0 Å². The molecule has 0 aliphatic rings. The van der Waals surface area contributed by atoms with Crippen LogP contribution in [-0.2, 0) is 0 Å². The van der Waals surface area contributed by atoms with E-state index < -0.39 is 0 Å². The highest BCUT2D eigenvalue weighted by molar-refractivity contribution is 4.46. The zero-order chi connectivity index (χ0) is 13.2. The second-order valence-electron chi connectivity index (χ2n) is 2.49. The van der Waals surface area contributed by atoms with Crippen molar-refractivity contribution in [1.29, 1.82) is 0 Å². The van der Waals surface area contributed by atoms with Crippen LogP contribution >= 0.6 is 0 Å². The van der Waals surface area contributed by atoms with Gasteiger partial charge < -0.3 is 0 Å². The molecular formula is C14H36. The fraction of sp³-hybridized carbons (Fsp3) is 0.857. The summed E-state index contributed by atoms with van der Waals surface area (Å²) >= 11 is 0. The Hall–Kier alpha value is -0.260. The van der Waals surface area contributed by atoms with Crippen LogP contribution in [0.1, 0.15) is 69.2 Å². The minimum absolute atomic E-state index is 0.852. The molecule has 0 rings (SSSR count). The van der Waals surface area contributed by atoms with Gasteiger partial charge in [0.25, 0.3) is 0 Å². The van der Waals surface area contributed by atoms with Crippen LogP contribution in [0.5, 0.6) is 0 Å². The molecule has 0 nitrogen and oxygen atoms in total. The number of rotatable bonds is 1. The summed E-state index contributed by atoms with van der Waals surface area (Å²) in [4.78, 5) is 0. The molecule has 0 aliphatic carbocycles. The predicted octanol–water partition coefficient (Wildman–Crippen LogP) is 6.18. The molecule has 0 saturated heterocycles. The van der Waals surface area contributed by atoms with Crippen LogP contribution in [0, 0.1) is 11.8 Å². The molecule has 0 aromatic heterocycles. The quantitative estimate of drug-likeness (QED) is 0.447. The van der Waals surface area contributed by atoms with Gasteiger partial charge in [-0.25, -0.2) is 0 Å². The first-order valence-corrected chi connectivity index (χ1v) is 6.14. The maximum Gasteiger partial charge on any atom is -0.0448 e. The van der Waals surface area contributed by atoms with Gasteiger partial charge in [-0.3, -0.25) is 0 Å². The lowest BCUT2D eigenvalue weighted by Gasteiger charge is -2.05. The number of hydrogen-bond donors (Lipinski definition) is 0.